The van der Waals surface area contributed by atoms with Gasteiger partial charge in [-0.25, -0.2) is 8.78 Å². The largest absolute Gasteiger partial charge is 0.330 e. The first-order valence-corrected chi connectivity index (χ1v) is 6.46. The monoisotopic (exact) mass is 325 g/mol. The van der Waals surface area contributed by atoms with Crippen molar-refractivity contribution in [2.75, 3.05) is 5.32 Å². The highest BCUT2D eigenvalue weighted by Crippen LogP contribution is 2.29. The van der Waals surface area contributed by atoms with Gasteiger partial charge in [-0.2, -0.15) is 8.78 Å². The van der Waals surface area contributed by atoms with Crippen molar-refractivity contribution in [3.8, 4) is 0 Å². The summed E-state index contributed by atoms with van der Waals surface area (Å²) in [5.41, 5.74) is -0.905. The normalized spacial score (nSPS) is 11.2. The predicted molar refractivity (Wildman–Crippen MR) is 75.4 cm³/mol. The van der Waals surface area contributed by atoms with Crippen LogP contribution in [-0.4, -0.2) is 12.2 Å². The van der Waals surface area contributed by atoms with Crippen LogP contribution < -0.4 is 5.32 Å². The van der Waals surface area contributed by atoms with E-state index >= 15 is 0 Å². The van der Waals surface area contributed by atoms with Crippen molar-refractivity contribution in [2.45, 2.75) is 12.8 Å². The number of aldehydes is 1. The van der Waals surface area contributed by atoms with Gasteiger partial charge in [-0.1, -0.05) is 0 Å². The molecule has 1 N–H and O–H groups in total. The smallest absolute Gasteiger partial charge is 0.322 e. The molecule has 0 saturated heterocycles. The highest BCUT2D eigenvalue weighted by molar-refractivity contribution is 6.04. The molecule has 2 rings (SSSR count). The number of benzene rings is 2. The summed E-state index contributed by atoms with van der Waals surface area (Å²) in [5, 5.41) is 2.38. The van der Waals surface area contributed by atoms with Crippen LogP contribution in [0.4, 0.5) is 23.2 Å². The van der Waals surface area contributed by atoms with Crippen molar-refractivity contribution in [1.82, 2.24) is 0 Å². The van der Waals surface area contributed by atoms with Gasteiger partial charge in [-0.15, -0.1) is 0 Å². The summed E-state index contributed by atoms with van der Waals surface area (Å²) in [6.45, 7) is 1.49. The second-order valence-electron chi connectivity index (χ2n) is 4.85. The number of halogens is 4. The number of alkyl halides is 2. The van der Waals surface area contributed by atoms with E-state index in [9.17, 15) is 27.2 Å². The minimum absolute atomic E-state index is 0.252. The quantitative estimate of drug-likeness (QED) is 0.686. The molecule has 2 aromatic carbocycles. The minimum atomic E-state index is -4.03. The Morgan fingerprint density at radius 3 is 2.35 bits per heavy atom. The molecule has 3 nitrogen and oxygen atoms in total. The number of hydrogen-bond donors (Lipinski definition) is 1. The summed E-state index contributed by atoms with van der Waals surface area (Å²) < 4.78 is 53.2. The Balaban J connectivity index is 2.31. The van der Waals surface area contributed by atoms with Gasteiger partial charge in [-0.3, -0.25) is 9.59 Å². The van der Waals surface area contributed by atoms with Crippen LogP contribution in [0.1, 0.15) is 21.5 Å². The molecule has 120 valence electrons. The first kappa shape index (κ1) is 16.7. The van der Waals surface area contributed by atoms with Crippen LogP contribution in [0.15, 0.2) is 36.4 Å². The van der Waals surface area contributed by atoms with Crippen molar-refractivity contribution in [3.05, 3.63) is 64.7 Å². The van der Waals surface area contributed by atoms with Gasteiger partial charge in [0.2, 0.25) is 0 Å². The lowest BCUT2D eigenvalue weighted by atomic mass is 10.0. The van der Waals surface area contributed by atoms with Crippen LogP contribution >= 0.6 is 0 Å². The first-order chi connectivity index (χ1) is 10.7. The maximum Gasteiger partial charge on any atom is 0.330 e. The van der Waals surface area contributed by atoms with Crippen LogP contribution in [0.3, 0.4) is 0 Å². The third-order valence-electron chi connectivity index (χ3n) is 3.15. The van der Waals surface area contributed by atoms with E-state index in [4.69, 9.17) is 0 Å². The Labute approximate surface area is 128 Å². The van der Waals surface area contributed by atoms with E-state index in [1.807, 2.05) is 0 Å². The Morgan fingerprint density at radius 1 is 1.09 bits per heavy atom. The van der Waals surface area contributed by atoms with E-state index in [-0.39, 0.29) is 16.8 Å². The van der Waals surface area contributed by atoms with Crippen molar-refractivity contribution in [3.63, 3.8) is 0 Å². The third-order valence-corrected chi connectivity index (χ3v) is 3.15. The summed E-state index contributed by atoms with van der Waals surface area (Å²) in [4.78, 5) is 22.4. The van der Waals surface area contributed by atoms with Crippen molar-refractivity contribution < 1.29 is 27.2 Å². The van der Waals surface area contributed by atoms with E-state index < -0.39 is 35.3 Å². The van der Waals surface area contributed by atoms with E-state index in [1.54, 1.807) is 0 Å². The summed E-state index contributed by atoms with van der Waals surface area (Å²) in [6.07, 6.45) is -0.698. The number of nitrogens with one attached hydrogen (secondary N) is 1. The maximum absolute atomic E-state index is 13.4. The van der Waals surface area contributed by atoms with Crippen molar-refractivity contribution in [2.24, 2.45) is 0 Å². The van der Waals surface area contributed by atoms with Gasteiger partial charge in [0.15, 0.2) is 6.29 Å². The molecular formula is C16H11F4NO2. The highest BCUT2D eigenvalue weighted by atomic mass is 19.3. The average molecular weight is 325 g/mol. The number of carbonyl (C=O) groups excluding carboxylic acids is 2. The number of carbonyl (C=O) groups is 2. The second kappa shape index (κ2) is 6.20. The van der Waals surface area contributed by atoms with Gasteiger partial charge in [0.05, 0.1) is 5.56 Å². The summed E-state index contributed by atoms with van der Waals surface area (Å²) in [5.74, 6) is -6.58. The molecule has 0 aliphatic heterocycles. The molecule has 0 saturated carbocycles. The molecule has 0 radical (unpaired) electrons. The van der Waals surface area contributed by atoms with Gasteiger partial charge in [0, 0.05) is 11.3 Å². The maximum atomic E-state index is 13.4. The van der Waals surface area contributed by atoms with Crippen molar-refractivity contribution in [1.29, 1.82) is 0 Å². The zero-order valence-electron chi connectivity index (χ0n) is 11.9. The number of aryl methyl sites for hydroxylation is 1. The second-order valence-corrected chi connectivity index (χ2v) is 4.85. The van der Waals surface area contributed by atoms with Crippen LogP contribution in [0.25, 0.3) is 0 Å². The number of amides is 1. The highest BCUT2D eigenvalue weighted by Gasteiger charge is 2.34. The lowest BCUT2D eigenvalue weighted by molar-refractivity contribution is -0.130. The topological polar surface area (TPSA) is 46.2 Å². The van der Waals surface area contributed by atoms with E-state index in [0.29, 0.717) is 12.1 Å². The van der Waals surface area contributed by atoms with Gasteiger partial charge < -0.3 is 5.32 Å². The van der Waals surface area contributed by atoms with Crippen LogP contribution in [-0.2, 0) is 10.7 Å². The molecule has 0 aliphatic rings. The third kappa shape index (κ3) is 3.56. The molecule has 23 heavy (non-hydrogen) atoms. The molecule has 0 aliphatic carbocycles. The van der Waals surface area contributed by atoms with E-state index in [0.717, 1.165) is 12.1 Å². The molecule has 0 aromatic heterocycles. The Kier molecular flexibility index (Phi) is 4.49. The van der Waals surface area contributed by atoms with Crippen molar-refractivity contribution >= 4 is 17.9 Å². The molecule has 7 heteroatoms. The number of rotatable bonds is 4. The fourth-order valence-corrected chi connectivity index (χ4v) is 1.91. The van der Waals surface area contributed by atoms with Crippen LogP contribution in [0.5, 0.6) is 0 Å². The Morgan fingerprint density at radius 2 is 1.74 bits per heavy atom. The molecule has 0 atom stereocenters. The Bertz CT molecular complexity index is 775. The fourth-order valence-electron chi connectivity index (χ4n) is 1.91. The fraction of sp³-hybridized carbons (Fsp3) is 0.125. The number of hydrogen-bond acceptors (Lipinski definition) is 2. The van der Waals surface area contributed by atoms with Crippen LogP contribution in [0, 0.1) is 18.6 Å². The summed E-state index contributed by atoms with van der Waals surface area (Å²) in [6, 6.07) is 6.09. The van der Waals surface area contributed by atoms with Gasteiger partial charge in [-0.05, 0) is 48.9 Å². The standard InChI is InChI=1S/C16H11F4NO2/c1-9-6-11(3-5-13(9)17)21-15(23)10-2-4-14(18)12(7-10)16(19,20)8-22/h2-8H,1H3,(H,21,23). The SMILES string of the molecule is Cc1cc(NC(=O)c2ccc(F)c(C(F)(F)C=O)c2)ccc1F. The Hall–Kier alpha value is -2.70. The van der Waals surface area contributed by atoms with Gasteiger partial charge in [0.25, 0.3) is 5.91 Å². The van der Waals surface area contributed by atoms with E-state index in [2.05, 4.69) is 5.32 Å². The molecule has 0 spiro atoms. The lowest BCUT2D eigenvalue weighted by Crippen LogP contribution is -2.19. The van der Waals surface area contributed by atoms with Gasteiger partial charge >= 0.3 is 5.92 Å². The molecule has 0 heterocycles. The van der Waals surface area contributed by atoms with Gasteiger partial charge in [0.1, 0.15) is 11.6 Å². The minimum Gasteiger partial charge on any atom is -0.322 e. The van der Waals surface area contributed by atoms with E-state index in [1.165, 1.54) is 19.1 Å². The molecular weight excluding hydrogens is 314 g/mol. The lowest BCUT2D eigenvalue weighted by Gasteiger charge is -2.12. The first-order valence-electron chi connectivity index (χ1n) is 6.46. The molecule has 0 unspecified atom stereocenters. The zero-order valence-corrected chi connectivity index (χ0v) is 11.9. The zero-order chi connectivity index (χ0) is 17.2. The molecule has 0 bridgehead atoms. The van der Waals surface area contributed by atoms with Crippen LogP contribution in [0.2, 0.25) is 0 Å². The summed E-state index contributed by atoms with van der Waals surface area (Å²) in [7, 11) is 0. The summed E-state index contributed by atoms with van der Waals surface area (Å²) >= 11 is 0. The average Bonchev–Trinajstić information content (AvgIpc) is 2.51. The predicted octanol–water partition coefficient (Wildman–Crippen LogP) is 3.82. The molecule has 0 fully saturated rings. The number of anilines is 1. The molecule has 1 amide bonds. The molecule has 2 aromatic rings.